The van der Waals surface area contributed by atoms with Crippen molar-refractivity contribution >= 4 is 17.2 Å². The second-order valence-electron chi connectivity index (χ2n) is 5.52. The van der Waals surface area contributed by atoms with Crippen molar-refractivity contribution in [2.24, 2.45) is 0 Å². The van der Waals surface area contributed by atoms with Crippen molar-refractivity contribution in [2.75, 3.05) is 7.05 Å². The molecule has 21 heavy (non-hydrogen) atoms. The Hall–Kier alpha value is -1.66. The van der Waals surface area contributed by atoms with E-state index in [1.807, 2.05) is 30.8 Å². The molecule has 2 aromatic heterocycles. The van der Waals surface area contributed by atoms with Gasteiger partial charge in [0.25, 0.3) is 0 Å². The number of carbonyl (C=O) groups excluding carboxylic acids is 1. The van der Waals surface area contributed by atoms with E-state index in [0.717, 1.165) is 24.1 Å². The van der Waals surface area contributed by atoms with Gasteiger partial charge in [-0.15, -0.1) is 11.3 Å². The van der Waals surface area contributed by atoms with Crippen molar-refractivity contribution in [1.82, 2.24) is 14.7 Å². The lowest BCUT2D eigenvalue weighted by atomic mass is 9.96. The van der Waals surface area contributed by atoms with Crippen LogP contribution in [0.1, 0.15) is 22.6 Å². The lowest BCUT2D eigenvalue weighted by Gasteiger charge is -2.16. The summed E-state index contributed by atoms with van der Waals surface area (Å²) in [5.41, 5.74) is 2.09. The Kier molecular flexibility index (Phi) is 4.07. The Morgan fingerprint density at radius 1 is 1.62 bits per heavy atom. The number of amides is 1. The van der Waals surface area contributed by atoms with Crippen LogP contribution in [-0.2, 0) is 30.7 Å². The number of aryl methyl sites for hydroxylation is 1. The molecular formula is C15H19N3O2S. The highest BCUT2D eigenvalue weighted by molar-refractivity contribution is 7.09. The highest BCUT2D eigenvalue weighted by atomic mass is 32.1. The number of hydrogen-bond donors (Lipinski definition) is 1. The molecule has 0 radical (unpaired) electrons. The standard InChI is InChI=1S/C15H19N3O2S/c1-17(9-13-3-2-6-21-13)15(20)10-18-8-11-7-12(19)4-5-14(11)16-18/h2-3,6,8,12,19H,4-5,7,9-10H2,1H3. The van der Waals surface area contributed by atoms with Gasteiger partial charge in [0.15, 0.2) is 0 Å². The molecule has 0 spiro atoms. The minimum Gasteiger partial charge on any atom is -0.393 e. The quantitative estimate of drug-likeness (QED) is 0.930. The van der Waals surface area contributed by atoms with E-state index in [4.69, 9.17) is 0 Å². The number of rotatable bonds is 4. The van der Waals surface area contributed by atoms with Gasteiger partial charge in [-0.1, -0.05) is 6.07 Å². The summed E-state index contributed by atoms with van der Waals surface area (Å²) in [7, 11) is 1.81. The SMILES string of the molecule is CN(Cc1cccs1)C(=O)Cn1cc2c(n1)CCC(O)C2. The minimum atomic E-state index is -0.271. The average molecular weight is 305 g/mol. The summed E-state index contributed by atoms with van der Waals surface area (Å²) in [6, 6.07) is 4.02. The molecule has 1 aliphatic rings. The third-order valence-corrected chi connectivity index (χ3v) is 4.65. The summed E-state index contributed by atoms with van der Waals surface area (Å²) in [6.45, 7) is 0.890. The summed E-state index contributed by atoms with van der Waals surface area (Å²) in [6.07, 6.45) is 3.83. The van der Waals surface area contributed by atoms with Crippen LogP contribution in [0.25, 0.3) is 0 Å². The molecule has 0 bridgehead atoms. The van der Waals surface area contributed by atoms with E-state index in [2.05, 4.69) is 5.10 Å². The highest BCUT2D eigenvalue weighted by Crippen LogP contribution is 2.20. The van der Waals surface area contributed by atoms with Crippen LogP contribution in [0.3, 0.4) is 0 Å². The second kappa shape index (κ2) is 5.99. The molecule has 1 N–H and O–H groups in total. The third kappa shape index (κ3) is 3.33. The Morgan fingerprint density at radius 2 is 2.48 bits per heavy atom. The molecule has 1 aliphatic carbocycles. The zero-order valence-electron chi connectivity index (χ0n) is 12.0. The number of nitrogens with zero attached hydrogens (tertiary/aromatic N) is 3. The molecule has 1 amide bonds. The lowest BCUT2D eigenvalue weighted by molar-refractivity contribution is -0.131. The fourth-order valence-corrected chi connectivity index (χ4v) is 3.36. The Bertz CT molecular complexity index is 621. The molecule has 5 nitrogen and oxygen atoms in total. The van der Waals surface area contributed by atoms with E-state index in [1.165, 1.54) is 4.88 Å². The van der Waals surface area contributed by atoms with Gasteiger partial charge < -0.3 is 10.0 Å². The Labute approximate surface area is 127 Å². The number of aliphatic hydroxyl groups excluding tert-OH is 1. The fraction of sp³-hybridized carbons (Fsp3) is 0.467. The lowest BCUT2D eigenvalue weighted by Crippen LogP contribution is -2.29. The molecule has 0 aromatic carbocycles. The first-order chi connectivity index (χ1) is 10.1. The first kappa shape index (κ1) is 14.3. The van der Waals surface area contributed by atoms with E-state index < -0.39 is 0 Å². The summed E-state index contributed by atoms with van der Waals surface area (Å²) >= 11 is 1.65. The molecule has 112 valence electrons. The molecule has 3 rings (SSSR count). The van der Waals surface area contributed by atoms with Crippen molar-refractivity contribution in [3.8, 4) is 0 Å². The van der Waals surface area contributed by atoms with Gasteiger partial charge in [0.05, 0.1) is 18.3 Å². The van der Waals surface area contributed by atoms with Gasteiger partial charge in [0, 0.05) is 24.5 Å². The fourth-order valence-electron chi connectivity index (χ4n) is 2.61. The molecule has 0 saturated heterocycles. The van der Waals surface area contributed by atoms with Gasteiger partial charge in [-0.25, -0.2) is 0 Å². The van der Waals surface area contributed by atoms with Crippen LogP contribution >= 0.6 is 11.3 Å². The van der Waals surface area contributed by atoms with Crippen LogP contribution in [-0.4, -0.2) is 38.8 Å². The number of carbonyl (C=O) groups is 1. The predicted molar refractivity (Wildman–Crippen MR) is 81.1 cm³/mol. The van der Waals surface area contributed by atoms with Crippen LogP contribution in [0.2, 0.25) is 0 Å². The zero-order valence-corrected chi connectivity index (χ0v) is 12.8. The summed E-state index contributed by atoms with van der Waals surface area (Å²) in [4.78, 5) is 15.1. The van der Waals surface area contributed by atoms with Crippen molar-refractivity contribution in [3.05, 3.63) is 39.8 Å². The maximum Gasteiger partial charge on any atom is 0.244 e. The molecule has 1 atom stereocenters. The maximum atomic E-state index is 12.2. The molecule has 0 fully saturated rings. The number of aromatic nitrogens is 2. The molecule has 2 aromatic rings. The molecule has 0 aliphatic heterocycles. The van der Waals surface area contributed by atoms with Gasteiger partial charge in [-0.2, -0.15) is 5.10 Å². The zero-order chi connectivity index (χ0) is 14.8. The summed E-state index contributed by atoms with van der Waals surface area (Å²) in [5, 5.41) is 16.1. The van der Waals surface area contributed by atoms with E-state index in [1.54, 1.807) is 20.9 Å². The van der Waals surface area contributed by atoms with Crippen LogP contribution in [0.5, 0.6) is 0 Å². The van der Waals surface area contributed by atoms with Crippen molar-refractivity contribution in [1.29, 1.82) is 0 Å². The second-order valence-corrected chi connectivity index (χ2v) is 6.56. The van der Waals surface area contributed by atoms with E-state index in [9.17, 15) is 9.90 Å². The van der Waals surface area contributed by atoms with Crippen LogP contribution < -0.4 is 0 Å². The summed E-state index contributed by atoms with van der Waals surface area (Å²) < 4.78 is 1.70. The van der Waals surface area contributed by atoms with Crippen molar-refractivity contribution in [3.63, 3.8) is 0 Å². The number of thiophene rings is 1. The average Bonchev–Trinajstić information content (AvgIpc) is 3.07. The van der Waals surface area contributed by atoms with Crippen LogP contribution in [0.15, 0.2) is 23.7 Å². The van der Waals surface area contributed by atoms with Gasteiger partial charge in [0.2, 0.25) is 5.91 Å². The molecule has 1 unspecified atom stereocenters. The van der Waals surface area contributed by atoms with Gasteiger partial charge in [0.1, 0.15) is 6.54 Å². The largest absolute Gasteiger partial charge is 0.393 e. The Balaban J connectivity index is 1.62. The topological polar surface area (TPSA) is 58.4 Å². The monoisotopic (exact) mass is 305 g/mol. The van der Waals surface area contributed by atoms with Gasteiger partial charge >= 0.3 is 0 Å². The van der Waals surface area contributed by atoms with E-state index >= 15 is 0 Å². The van der Waals surface area contributed by atoms with E-state index in [-0.39, 0.29) is 18.6 Å². The van der Waals surface area contributed by atoms with Crippen molar-refractivity contribution < 1.29 is 9.90 Å². The van der Waals surface area contributed by atoms with Gasteiger partial charge in [-0.3, -0.25) is 9.48 Å². The summed E-state index contributed by atoms with van der Waals surface area (Å²) in [5.74, 6) is 0.0452. The minimum absolute atomic E-state index is 0.0452. The molecule has 6 heteroatoms. The first-order valence-corrected chi connectivity index (χ1v) is 7.99. The Morgan fingerprint density at radius 3 is 3.24 bits per heavy atom. The third-order valence-electron chi connectivity index (χ3n) is 3.79. The molecule has 0 saturated carbocycles. The number of aliphatic hydroxyl groups is 1. The molecular weight excluding hydrogens is 286 g/mol. The van der Waals surface area contributed by atoms with E-state index in [0.29, 0.717) is 13.0 Å². The normalized spacial score (nSPS) is 17.5. The van der Waals surface area contributed by atoms with Gasteiger partial charge in [-0.05, 0) is 29.9 Å². The maximum absolute atomic E-state index is 12.2. The number of hydrogen-bond acceptors (Lipinski definition) is 4. The molecule has 2 heterocycles. The highest BCUT2D eigenvalue weighted by Gasteiger charge is 2.20. The number of likely N-dealkylation sites (N-methyl/N-ethyl adjacent to an activating group) is 1. The van der Waals surface area contributed by atoms with Crippen molar-refractivity contribution in [2.45, 2.75) is 38.5 Å². The van der Waals surface area contributed by atoms with Crippen LogP contribution in [0, 0.1) is 0 Å². The number of fused-ring (bicyclic) bond motifs is 1. The first-order valence-electron chi connectivity index (χ1n) is 7.11. The predicted octanol–water partition coefficient (Wildman–Crippen LogP) is 1.45. The van der Waals surface area contributed by atoms with Crippen LogP contribution in [0.4, 0.5) is 0 Å². The smallest absolute Gasteiger partial charge is 0.244 e.